The van der Waals surface area contributed by atoms with Crippen LogP contribution < -0.4 is 4.90 Å². The molecule has 110 valence electrons. The molecule has 0 amide bonds. The summed E-state index contributed by atoms with van der Waals surface area (Å²) in [5.74, 6) is 0.634. The minimum atomic E-state index is -0.325. The van der Waals surface area contributed by atoms with Gasteiger partial charge in [-0.05, 0) is 39.5 Å². The number of nitro groups is 1. The first-order chi connectivity index (χ1) is 9.52. The maximum Gasteiger partial charge on any atom is 0.333 e. The highest BCUT2D eigenvalue weighted by Crippen LogP contribution is 2.43. The number of aryl methyl sites for hydroxylation is 2. The van der Waals surface area contributed by atoms with Crippen molar-refractivity contribution in [3.63, 3.8) is 0 Å². The molecule has 2 fully saturated rings. The van der Waals surface area contributed by atoms with Crippen molar-refractivity contribution in [2.45, 2.75) is 64.3 Å². The van der Waals surface area contributed by atoms with E-state index in [0.717, 1.165) is 12.8 Å². The molecule has 20 heavy (non-hydrogen) atoms. The van der Waals surface area contributed by atoms with Gasteiger partial charge in [0.25, 0.3) is 0 Å². The van der Waals surface area contributed by atoms with Gasteiger partial charge in [0.05, 0.1) is 11.0 Å². The van der Waals surface area contributed by atoms with Crippen LogP contribution in [0.2, 0.25) is 0 Å². The summed E-state index contributed by atoms with van der Waals surface area (Å²) in [6.07, 6.45) is 3.10. The molecule has 7 nitrogen and oxygen atoms in total. The van der Waals surface area contributed by atoms with Gasteiger partial charge in [0.15, 0.2) is 0 Å². The molecular formula is C13H20N4O3. The Kier molecular flexibility index (Phi) is 3.16. The first kappa shape index (κ1) is 13.4. The Balaban J connectivity index is 2.08. The number of hydrogen-bond acceptors (Lipinski definition) is 5. The molecule has 2 atom stereocenters. The Labute approximate surface area is 117 Å². The third kappa shape index (κ3) is 1.88. The van der Waals surface area contributed by atoms with E-state index in [1.165, 1.54) is 0 Å². The highest BCUT2D eigenvalue weighted by atomic mass is 16.6. The number of nitrogens with zero attached hydrogens (tertiary/aromatic N) is 4. The molecule has 2 bridgehead atoms. The standard InChI is InChI=1S/C13H20N4O3/c1-3-15-13(12(17(19)20)8(2)14-15)16-9-4-5-10(16)7-11(18)6-9/h9-11,18H,3-7H2,1-2H3. The number of fused-ring (bicyclic) bond motifs is 2. The van der Waals surface area contributed by atoms with Crippen LogP contribution in [0.3, 0.4) is 0 Å². The summed E-state index contributed by atoms with van der Waals surface area (Å²) in [7, 11) is 0. The van der Waals surface area contributed by atoms with Crippen molar-refractivity contribution in [1.82, 2.24) is 9.78 Å². The largest absolute Gasteiger partial charge is 0.393 e. The number of piperidine rings is 1. The van der Waals surface area contributed by atoms with Crippen LogP contribution in [0.15, 0.2) is 0 Å². The van der Waals surface area contributed by atoms with Gasteiger partial charge in [0.1, 0.15) is 5.69 Å². The van der Waals surface area contributed by atoms with Gasteiger partial charge in [-0.2, -0.15) is 5.10 Å². The fourth-order valence-corrected chi connectivity index (χ4v) is 3.74. The Morgan fingerprint density at radius 1 is 1.40 bits per heavy atom. The molecule has 2 aliphatic rings. The average Bonchev–Trinajstić information content (AvgIpc) is 2.83. The van der Waals surface area contributed by atoms with Gasteiger partial charge in [-0.25, -0.2) is 4.68 Å². The van der Waals surface area contributed by atoms with E-state index < -0.39 is 0 Å². The van der Waals surface area contributed by atoms with Gasteiger partial charge in [-0.3, -0.25) is 10.1 Å². The van der Waals surface area contributed by atoms with Crippen LogP contribution in [0.1, 0.15) is 38.3 Å². The lowest BCUT2D eigenvalue weighted by molar-refractivity contribution is -0.384. The maximum atomic E-state index is 11.4. The van der Waals surface area contributed by atoms with Crippen LogP contribution in [-0.2, 0) is 6.54 Å². The second kappa shape index (κ2) is 4.73. The fraction of sp³-hybridized carbons (Fsp3) is 0.769. The van der Waals surface area contributed by atoms with Crippen molar-refractivity contribution in [1.29, 1.82) is 0 Å². The predicted octanol–water partition coefficient (Wildman–Crippen LogP) is 1.61. The topological polar surface area (TPSA) is 84.4 Å². The molecule has 0 aromatic carbocycles. The van der Waals surface area contributed by atoms with Gasteiger partial charge in [-0.1, -0.05) is 0 Å². The second-order valence-corrected chi connectivity index (χ2v) is 5.75. The molecule has 2 saturated heterocycles. The third-order valence-electron chi connectivity index (χ3n) is 4.50. The van der Waals surface area contributed by atoms with Gasteiger partial charge >= 0.3 is 5.69 Å². The summed E-state index contributed by atoms with van der Waals surface area (Å²) in [5, 5.41) is 25.6. The van der Waals surface area contributed by atoms with E-state index in [2.05, 4.69) is 10.00 Å². The first-order valence-electron chi connectivity index (χ1n) is 7.21. The average molecular weight is 280 g/mol. The van der Waals surface area contributed by atoms with Crippen molar-refractivity contribution in [2.75, 3.05) is 4.90 Å². The number of aliphatic hydroxyl groups is 1. The fourth-order valence-electron chi connectivity index (χ4n) is 3.74. The number of hydrogen-bond donors (Lipinski definition) is 1. The molecule has 1 N–H and O–H groups in total. The molecule has 7 heteroatoms. The van der Waals surface area contributed by atoms with Crippen molar-refractivity contribution in [3.8, 4) is 0 Å². The normalized spacial score (nSPS) is 28.9. The summed E-state index contributed by atoms with van der Waals surface area (Å²) in [5.41, 5.74) is 0.595. The molecule has 2 aliphatic heterocycles. The van der Waals surface area contributed by atoms with Gasteiger partial charge in [0.2, 0.25) is 5.82 Å². The Bertz CT molecular complexity index is 528. The van der Waals surface area contributed by atoms with Crippen LogP contribution in [0.4, 0.5) is 11.5 Å². The molecule has 1 aromatic heterocycles. The van der Waals surface area contributed by atoms with E-state index in [9.17, 15) is 15.2 Å². The van der Waals surface area contributed by atoms with Gasteiger partial charge in [0, 0.05) is 18.6 Å². The lowest BCUT2D eigenvalue weighted by atomic mass is 10.00. The van der Waals surface area contributed by atoms with Gasteiger partial charge in [-0.15, -0.1) is 0 Å². The van der Waals surface area contributed by atoms with Crippen molar-refractivity contribution >= 4 is 11.5 Å². The summed E-state index contributed by atoms with van der Waals surface area (Å²) < 4.78 is 1.73. The molecule has 3 rings (SSSR count). The van der Waals surface area contributed by atoms with Gasteiger partial charge < -0.3 is 10.0 Å². The van der Waals surface area contributed by atoms with E-state index in [1.807, 2.05) is 6.92 Å². The van der Waals surface area contributed by atoms with E-state index in [4.69, 9.17) is 0 Å². The molecule has 0 spiro atoms. The van der Waals surface area contributed by atoms with E-state index in [1.54, 1.807) is 11.6 Å². The van der Waals surface area contributed by atoms with E-state index in [-0.39, 0.29) is 28.8 Å². The zero-order chi connectivity index (χ0) is 14.4. The molecule has 2 unspecified atom stereocenters. The van der Waals surface area contributed by atoms with Crippen molar-refractivity contribution in [2.24, 2.45) is 0 Å². The first-order valence-corrected chi connectivity index (χ1v) is 7.21. The lowest BCUT2D eigenvalue weighted by Crippen LogP contribution is -2.46. The lowest BCUT2D eigenvalue weighted by Gasteiger charge is -2.38. The summed E-state index contributed by atoms with van der Waals surface area (Å²) in [6.45, 7) is 4.25. The second-order valence-electron chi connectivity index (χ2n) is 5.75. The Hall–Kier alpha value is -1.63. The Morgan fingerprint density at radius 2 is 2.00 bits per heavy atom. The maximum absolute atomic E-state index is 11.4. The molecule has 1 aromatic rings. The number of anilines is 1. The highest BCUT2D eigenvalue weighted by molar-refractivity contribution is 5.63. The molecule has 0 radical (unpaired) electrons. The zero-order valence-electron chi connectivity index (χ0n) is 11.8. The SMILES string of the molecule is CCn1nc(C)c([N+](=O)[O-])c1N1C2CCC1CC(O)C2. The van der Waals surface area contributed by atoms with E-state index >= 15 is 0 Å². The monoisotopic (exact) mass is 280 g/mol. The van der Waals surface area contributed by atoms with Crippen LogP contribution in [0.5, 0.6) is 0 Å². The van der Waals surface area contributed by atoms with E-state index in [0.29, 0.717) is 30.9 Å². The quantitative estimate of drug-likeness (QED) is 0.671. The predicted molar refractivity (Wildman–Crippen MR) is 73.8 cm³/mol. The molecule has 0 aliphatic carbocycles. The number of rotatable bonds is 3. The summed E-state index contributed by atoms with van der Waals surface area (Å²) in [6, 6.07) is 0.396. The number of aliphatic hydroxyl groups excluding tert-OH is 1. The highest BCUT2D eigenvalue weighted by Gasteiger charge is 2.45. The van der Waals surface area contributed by atoms with Crippen LogP contribution in [-0.4, -0.2) is 38.0 Å². The zero-order valence-corrected chi connectivity index (χ0v) is 11.8. The van der Waals surface area contributed by atoms with Crippen LogP contribution in [0.25, 0.3) is 0 Å². The molecular weight excluding hydrogens is 260 g/mol. The summed E-state index contributed by atoms with van der Waals surface area (Å²) >= 11 is 0. The van der Waals surface area contributed by atoms with Crippen molar-refractivity contribution in [3.05, 3.63) is 15.8 Å². The van der Waals surface area contributed by atoms with Crippen LogP contribution in [0, 0.1) is 17.0 Å². The number of aromatic nitrogens is 2. The Morgan fingerprint density at radius 3 is 2.50 bits per heavy atom. The minimum absolute atomic E-state index is 0.125. The molecule has 0 saturated carbocycles. The summed E-state index contributed by atoms with van der Waals surface area (Å²) in [4.78, 5) is 13.2. The third-order valence-corrected chi connectivity index (χ3v) is 4.50. The van der Waals surface area contributed by atoms with Crippen LogP contribution >= 0.6 is 0 Å². The molecule has 3 heterocycles. The minimum Gasteiger partial charge on any atom is -0.393 e. The van der Waals surface area contributed by atoms with Crippen molar-refractivity contribution < 1.29 is 10.0 Å². The smallest absolute Gasteiger partial charge is 0.333 e.